The van der Waals surface area contributed by atoms with Crippen LogP contribution in [0.5, 0.6) is 0 Å². The van der Waals surface area contributed by atoms with Gasteiger partial charge in [0.2, 0.25) is 0 Å². The van der Waals surface area contributed by atoms with E-state index in [1.165, 1.54) is 194 Å². The molecule has 0 atom stereocenters. The van der Waals surface area contributed by atoms with Gasteiger partial charge in [0.15, 0.2) is 0 Å². The van der Waals surface area contributed by atoms with Crippen LogP contribution in [0.1, 0.15) is 222 Å². The van der Waals surface area contributed by atoms with E-state index in [4.69, 9.17) is 0 Å². The van der Waals surface area contributed by atoms with E-state index in [9.17, 15) is 0 Å². The summed E-state index contributed by atoms with van der Waals surface area (Å²) in [6, 6.07) is 51.4. The average molecular weight is 1130 g/mol. The van der Waals surface area contributed by atoms with Crippen molar-refractivity contribution >= 4 is 78.0 Å². The third-order valence-corrected chi connectivity index (χ3v) is 26.2. The fourth-order valence-corrected chi connectivity index (χ4v) is 21.6. The zero-order chi connectivity index (χ0) is 58.2. The number of nitrogens with zero attached hydrogens (tertiary/aromatic N) is 2. The van der Waals surface area contributed by atoms with Crippen molar-refractivity contribution in [2.75, 3.05) is 9.80 Å². The van der Waals surface area contributed by atoms with E-state index in [-0.39, 0.29) is 39.2 Å². The van der Waals surface area contributed by atoms with Gasteiger partial charge in [-0.2, -0.15) is 0 Å². The first-order chi connectivity index (χ1) is 40.6. The SMILES string of the molecule is Cc1cc2c3c(c1)N(c1ccc(-c4ccc5c(c4)C(C)(C)CCC5(C)C)cc1)c1c(sc4cc5c(cc14)C(C)(C)CCC5(C)C)B3c1cc(C3CCCCC3)ccc1N2c1ccc2c(c1)C1(c3cc(C(C)(C)C)ccc3-2)C2CC3CC(C2)CC1C3. The Labute approximate surface area is 513 Å². The van der Waals surface area contributed by atoms with E-state index in [1.54, 1.807) is 27.8 Å². The minimum atomic E-state index is 0.0521. The van der Waals surface area contributed by atoms with Gasteiger partial charge in [0, 0.05) is 48.7 Å². The quantitative estimate of drug-likeness (QED) is 0.162. The summed E-state index contributed by atoms with van der Waals surface area (Å²) in [5, 5.41) is 1.42. The van der Waals surface area contributed by atoms with Crippen LogP contribution in [0, 0.1) is 30.6 Å². The molecule has 8 aromatic rings. The predicted molar refractivity (Wildman–Crippen MR) is 364 cm³/mol. The smallest absolute Gasteiger partial charge is 0.264 e. The lowest BCUT2D eigenvalue weighted by Crippen LogP contribution is -2.60. The molecule has 4 heteroatoms. The molecule has 5 saturated carbocycles. The Hall–Kier alpha value is -5.84. The summed E-state index contributed by atoms with van der Waals surface area (Å²) < 4.78 is 2.94. The lowest BCUT2D eigenvalue weighted by molar-refractivity contribution is -0.0399. The van der Waals surface area contributed by atoms with Crippen molar-refractivity contribution in [1.82, 2.24) is 0 Å². The third kappa shape index (κ3) is 7.61. The molecule has 0 radical (unpaired) electrons. The van der Waals surface area contributed by atoms with Gasteiger partial charge in [-0.15, -0.1) is 11.3 Å². The molecule has 7 aromatic carbocycles. The third-order valence-electron chi connectivity index (χ3n) is 24.9. The maximum Gasteiger partial charge on any atom is 0.264 e. The van der Waals surface area contributed by atoms with Crippen molar-refractivity contribution in [2.24, 2.45) is 23.7 Å². The number of thiophene rings is 1. The van der Waals surface area contributed by atoms with Crippen LogP contribution in [0.3, 0.4) is 0 Å². The summed E-state index contributed by atoms with van der Waals surface area (Å²) >= 11 is 2.11. The summed E-state index contributed by atoms with van der Waals surface area (Å²) in [5.74, 6) is 3.77. The van der Waals surface area contributed by atoms with Crippen LogP contribution in [0.25, 0.3) is 32.3 Å². The van der Waals surface area contributed by atoms with Gasteiger partial charge in [0.1, 0.15) is 0 Å². The van der Waals surface area contributed by atoms with Crippen LogP contribution < -0.4 is 25.5 Å². The normalized spacial score (nSPS) is 25.8. The highest BCUT2D eigenvalue weighted by Crippen LogP contribution is 2.70. The van der Waals surface area contributed by atoms with Gasteiger partial charge in [0.25, 0.3) is 6.71 Å². The second kappa shape index (κ2) is 17.9. The lowest BCUT2D eigenvalue weighted by atomic mass is 9.36. The van der Waals surface area contributed by atoms with Gasteiger partial charge in [-0.05, 0) is 272 Å². The van der Waals surface area contributed by atoms with E-state index in [1.807, 2.05) is 0 Å². The molecule has 1 aromatic heterocycles. The van der Waals surface area contributed by atoms with E-state index in [2.05, 4.69) is 226 Å². The zero-order valence-electron chi connectivity index (χ0n) is 53.2. The summed E-state index contributed by atoms with van der Waals surface area (Å²) in [6.07, 6.45) is 18.5. The highest BCUT2D eigenvalue weighted by atomic mass is 32.1. The first kappa shape index (κ1) is 53.4. The Bertz CT molecular complexity index is 4120. The summed E-state index contributed by atoms with van der Waals surface area (Å²) in [6.45, 7) is 29.6. The van der Waals surface area contributed by atoms with Gasteiger partial charge >= 0.3 is 0 Å². The Kier molecular flexibility index (Phi) is 11.3. The first-order valence-corrected chi connectivity index (χ1v) is 34.4. The van der Waals surface area contributed by atoms with Crippen molar-refractivity contribution in [1.29, 1.82) is 0 Å². The van der Waals surface area contributed by atoms with Gasteiger partial charge in [-0.1, -0.05) is 162 Å². The fraction of sp³-hybridized carbons (Fsp3) is 0.457. The summed E-state index contributed by atoms with van der Waals surface area (Å²) in [5.41, 5.74) is 31.1. The van der Waals surface area contributed by atoms with Crippen molar-refractivity contribution in [2.45, 2.75) is 211 Å². The molecule has 8 aliphatic carbocycles. The molecule has 1 spiro atoms. The average Bonchev–Trinajstić information content (AvgIpc) is 1.62. The van der Waals surface area contributed by atoms with Gasteiger partial charge < -0.3 is 9.80 Å². The Morgan fingerprint density at radius 3 is 1.73 bits per heavy atom. The van der Waals surface area contributed by atoms with Crippen molar-refractivity contribution in [3.05, 3.63) is 171 Å². The molecule has 0 saturated heterocycles. The highest BCUT2D eigenvalue weighted by molar-refractivity contribution is 7.33. The topological polar surface area (TPSA) is 6.48 Å². The van der Waals surface area contributed by atoms with Crippen LogP contribution >= 0.6 is 11.3 Å². The van der Waals surface area contributed by atoms with Crippen LogP contribution in [0.15, 0.2) is 121 Å². The Morgan fingerprint density at radius 2 is 1.07 bits per heavy atom. The van der Waals surface area contributed by atoms with Gasteiger partial charge in [0.05, 0.1) is 5.69 Å². The Balaban J connectivity index is 0.900. The number of benzene rings is 7. The molecular weight excluding hydrogens is 1040 g/mol. The molecule has 2 nitrogen and oxygen atoms in total. The molecule has 0 amide bonds. The van der Waals surface area contributed by atoms with E-state index in [0.717, 1.165) is 11.8 Å². The lowest BCUT2D eigenvalue weighted by Gasteiger charge is -2.61. The second-order valence-electron chi connectivity index (χ2n) is 32.9. The van der Waals surface area contributed by atoms with Gasteiger partial charge in [-0.25, -0.2) is 0 Å². The number of hydrogen-bond donors (Lipinski definition) is 0. The maximum atomic E-state index is 2.79. The van der Waals surface area contributed by atoms with E-state index >= 15 is 0 Å². The standard InChI is InChI=1S/C81H89BN2S/c1-47-34-70-73-71(35-47)84(57-23-18-51(19-24-57)52-20-28-62-65(41-52)78(7,8)31-30-77(62,5)6)74-61-45-66-67(80(11,12)33-32-79(66,9)10)46-72(61)85-75(74)82(73)68-42-53(50-16-14-13-15-17-50)21-29-69(68)83(70)58-25-27-60-59-26-22-54(76(2,3)4)43-63(59)81(64(60)44-58)55-37-48-36-49(39-55)40-56(81)38-48/h18-29,34-35,41-46,48-50,55-56H,13-17,30-33,36-40H2,1-12H3. The molecule has 10 aliphatic rings. The summed E-state index contributed by atoms with van der Waals surface area (Å²) in [4.78, 5) is 5.55. The minimum absolute atomic E-state index is 0.0521. The molecule has 432 valence electrons. The number of aryl methyl sites for hydroxylation is 1. The Morgan fingerprint density at radius 1 is 0.494 bits per heavy atom. The highest BCUT2D eigenvalue weighted by Gasteiger charge is 2.62. The van der Waals surface area contributed by atoms with Crippen molar-refractivity contribution in [3.8, 4) is 22.3 Å². The molecule has 0 N–H and O–H groups in total. The van der Waals surface area contributed by atoms with Gasteiger partial charge in [-0.3, -0.25) is 0 Å². The zero-order valence-corrected chi connectivity index (χ0v) is 54.0. The molecule has 4 bridgehead atoms. The van der Waals surface area contributed by atoms with Crippen LogP contribution in [0.2, 0.25) is 0 Å². The van der Waals surface area contributed by atoms with Crippen molar-refractivity contribution < 1.29 is 0 Å². The number of fused-ring (bicyclic) bond motifs is 11. The molecule has 0 unspecified atom stereocenters. The first-order valence-electron chi connectivity index (χ1n) is 33.6. The molecular formula is C81H89BN2S. The number of hydrogen-bond acceptors (Lipinski definition) is 3. The van der Waals surface area contributed by atoms with Crippen molar-refractivity contribution in [3.63, 3.8) is 0 Å². The molecule has 85 heavy (non-hydrogen) atoms. The molecule has 5 fully saturated rings. The number of anilines is 6. The molecule has 2 aliphatic heterocycles. The summed E-state index contributed by atoms with van der Waals surface area (Å²) in [7, 11) is 0. The second-order valence-corrected chi connectivity index (χ2v) is 34.0. The van der Waals surface area contributed by atoms with Crippen LogP contribution in [0.4, 0.5) is 34.1 Å². The maximum absolute atomic E-state index is 2.79. The van der Waals surface area contributed by atoms with Crippen LogP contribution in [-0.4, -0.2) is 6.71 Å². The monoisotopic (exact) mass is 1130 g/mol. The van der Waals surface area contributed by atoms with E-state index in [0.29, 0.717) is 17.8 Å². The molecule has 3 heterocycles. The van der Waals surface area contributed by atoms with E-state index < -0.39 is 0 Å². The predicted octanol–water partition coefficient (Wildman–Crippen LogP) is 20.7. The fourth-order valence-electron chi connectivity index (χ4n) is 20.3. The molecule has 18 rings (SSSR count). The van der Waals surface area contributed by atoms with Crippen LogP contribution in [-0.2, 0) is 32.5 Å². The minimum Gasteiger partial charge on any atom is -0.311 e. The largest absolute Gasteiger partial charge is 0.311 e. The number of rotatable bonds is 4.